The molecule has 8 aromatic carbocycles. The van der Waals surface area contributed by atoms with Crippen molar-refractivity contribution in [1.29, 1.82) is 0 Å². The fraction of sp³-hybridized carbons (Fsp3) is 0. The number of pyridine rings is 1. The Morgan fingerprint density at radius 2 is 1.08 bits per heavy atom. The Morgan fingerprint density at radius 3 is 1.98 bits per heavy atom. The van der Waals surface area contributed by atoms with Crippen LogP contribution < -0.4 is 0 Å². The Hall–Kier alpha value is -6.82. The highest BCUT2D eigenvalue weighted by Crippen LogP contribution is 2.44. The molecule has 10 aromatic rings. The van der Waals surface area contributed by atoms with Crippen molar-refractivity contribution < 1.29 is 0 Å². The molecule has 0 amide bonds. The topological polar surface area (TPSA) is 35.6 Å². The highest BCUT2D eigenvalue weighted by molar-refractivity contribution is 7.24. The minimum Gasteiger partial charge on any atom is -0.306 e. The molecule has 0 aliphatic carbocycles. The van der Waals surface area contributed by atoms with Crippen LogP contribution in [0.2, 0.25) is 0 Å². The molecule has 246 valence electrons. The van der Waals surface area contributed by atoms with E-state index in [2.05, 4.69) is 167 Å². The minimum absolute atomic E-state index is 0.669. The van der Waals surface area contributed by atoms with E-state index in [0.29, 0.717) is 5.95 Å². The molecule has 4 heterocycles. The second-order valence-electron chi connectivity index (χ2n) is 13.8. The molecule has 2 aromatic heterocycles. The number of rotatable bonds is 3. The first-order valence-corrected chi connectivity index (χ1v) is 18.7. The lowest BCUT2D eigenvalue weighted by Crippen LogP contribution is -2.04. The molecule has 0 unspecified atom stereocenters. The SMILES string of the molecule is c1ccc(-c2nc(-n3c4ccccc4c4cc(-c5ccc6c(c5)sc5cccc7c5-n6c5cccc6cccc7c65)ccc43)nc3ccccc23)cc1. The van der Waals surface area contributed by atoms with E-state index < -0.39 is 0 Å². The average Bonchev–Trinajstić information content (AvgIpc) is 3.55. The van der Waals surface area contributed by atoms with Crippen LogP contribution in [0, 0.1) is 0 Å². The van der Waals surface area contributed by atoms with Gasteiger partial charge in [-0.15, -0.1) is 11.3 Å². The van der Waals surface area contributed by atoms with Gasteiger partial charge in [0.2, 0.25) is 5.95 Å². The fourth-order valence-corrected chi connectivity index (χ4v) is 9.71. The molecule has 12 rings (SSSR count). The number of para-hydroxylation sites is 3. The van der Waals surface area contributed by atoms with Crippen molar-refractivity contribution in [3.63, 3.8) is 0 Å². The van der Waals surface area contributed by atoms with Gasteiger partial charge >= 0.3 is 0 Å². The zero-order valence-corrected chi connectivity index (χ0v) is 29.2. The molecule has 2 aliphatic heterocycles. The number of hydrogen-bond acceptors (Lipinski definition) is 3. The monoisotopic (exact) mass is 692 g/mol. The van der Waals surface area contributed by atoms with Crippen LogP contribution in [-0.2, 0) is 0 Å². The summed E-state index contributed by atoms with van der Waals surface area (Å²) in [7, 11) is 0. The summed E-state index contributed by atoms with van der Waals surface area (Å²) >= 11 is 1.87. The summed E-state index contributed by atoms with van der Waals surface area (Å²) in [5.74, 6) is 0.669. The van der Waals surface area contributed by atoms with Crippen LogP contribution in [0.15, 0.2) is 170 Å². The molecule has 4 nitrogen and oxygen atoms in total. The molecule has 0 saturated heterocycles. The van der Waals surface area contributed by atoms with Crippen LogP contribution in [0.4, 0.5) is 0 Å². The van der Waals surface area contributed by atoms with Crippen molar-refractivity contribution in [2.75, 3.05) is 0 Å². The van der Waals surface area contributed by atoms with Gasteiger partial charge in [0.15, 0.2) is 0 Å². The molecule has 0 bridgehead atoms. The van der Waals surface area contributed by atoms with Gasteiger partial charge in [-0.05, 0) is 70.4 Å². The third-order valence-corrected chi connectivity index (χ3v) is 12.0. The van der Waals surface area contributed by atoms with Crippen LogP contribution in [-0.4, -0.2) is 19.1 Å². The quantitative estimate of drug-likeness (QED) is 0.136. The molecule has 0 atom stereocenters. The number of benzene rings is 8. The van der Waals surface area contributed by atoms with Gasteiger partial charge in [0.1, 0.15) is 0 Å². The van der Waals surface area contributed by atoms with Gasteiger partial charge in [0.25, 0.3) is 0 Å². The third kappa shape index (κ3) is 4.11. The average molecular weight is 693 g/mol. The predicted octanol–water partition coefficient (Wildman–Crippen LogP) is 13.0. The maximum absolute atomic E-state index is 5.26. The smallest absolute Gasteiger partial charge is 0.235 e. The van der Waals surface area contributed by atoms with Crippen molar-refractivity contribution in [2.24, 2.45) is 0 Å². The van der Waals surface area contributed by atoms with Crippen molar-refractivity contribution in [2.45, 2.75) is 0 Å². The highest BCUT2D eigenvalue weighted by Gasteiger charge is 2.21. The Morgan fingerprint density at radius 1 is 0.396 bits per heavy atom. The molecular weight excluding hydrogens is 665 g/mol. The third-order valence-electron chi connectivity index (χ3n) is 10.9. The van der Waals surface area contributed by atoms with Crippen LogP contribution in [0.5, 0.6) is 0 Å². The second kappa shape index (κ2) is 10.8. The molecular formula is C48H28N4S. The highest BCUT2D eigenvalue weighted by atomic mass is 32.1. The largest absolute Gasteiger partial charge is 0.306 e. The molecule has 0 radical (unpaired) electrons. The number of fused-ring (bicyclic) bond motifs is 8. The number of nitrogens with zero attached hydrogens (tertiary/aromatic N) is 4. The number of hydrogen-bond donors (Lipinski definition) is 0. The maximum Gasteiger partial charge on any atom is 0.235 e. The fourth-order valence-electron chi connectivity index (χ4n) is 8.58. The Labute approximate surface area is 307 Å². The van der Waals surface area contributed by atoms with Gasteiger partial charge < -0.3 is 4.57 Å². The first-order valence-electron chi connectivity index (χ1n) is 17.9. The van der Waals surface area contributed by atoms with Gasteiger partial charge in [0, 0.05) is 32.5 Å². The zero-order chi connectivity index (χ0) is 34.6. The predicted molar refractivity (Wildman–Crippen MR) is 223 cm³/mol. The second-order valence-corrected chi connectivity index (χ2v) is 14.9. The van der Waals surface area contributed by atoms with Crippen molar-refractivity contribution >= 4 is 86.0 Å². The van der Waals surface area contributed by atoms with E-state index in [-0.39, 0.29) is 0 Å². The first kappa shape index (κ1) is 28.8. The molecule has 0 spiro atoms. The Balaban J connectivity index is 1.08. The summed E-state index contributed by atoms with van der Waals surface area (Å²) in [6.07, 6.45) is 0. The van der Waals surface area contributed by atoms with Crippen molar-refractivity contribution in [3.05, 3.63) is 170 Å². The molecule has 0 saturated carbocycles. The van der Waals surface area contributed by atoms with E-state index in [1.54, 1.807) is 0 Å². The van der Waals surface area contributed by atoms with Crippen LogP contribution in [0.3, 0.4) is 0 Å². The van der Waals surface area contributed by atoms with Gasteiger partial charge in [-0.1, -0.05) is 121 Å². The summed E-state index contributed by atoms with van der Waals surface area (Å²) in [4.78, 5) is 10.4. The molecule has 5 heteroatoms. The van der Waals surface area contributed by atoms with Gasteiger partial charge in [-0.3, -0.25) is 4.57 Å². The lowest BCUT2D eigenvalue weighted by Gasteiger charge is -2.23. The van der Waals surface area contributed by atoms with Crippen molar-refractivity contribution in [1.82, 2.24) is 19.1 Å². The van der Waals surface area contributed by atoms with E-state index in [4.69, 9.17) is 9.97 Å². The lowest BCUT2D eigenvalue weighted by atomic mass is 9.98. The number of aromatic nitrogens is 4. The molecule has 0 N–H and O–H groups in total. The minimum atomic E-state index is 0.669. The Kier molecular flexibility index (Phi) is 5.90. The Bertz CT molecular complexity index is 3400. The molecule has 0 fully saturated rings. The van der Waals surface area contributed by atoms with Gasteiger partial charge in [-0.25, -0.2) is 9.97 Å². The first-order chi connectivity index (χ1) is 26.3. The van der Waals surface area contributed by atoms with Gasteiger partial charge in [0.05, 0.1) is 48.4 Å². The molecule has 53 heavy (non-hydrogen) atoms. The summed E-state index contributed by atoms with van der Waals surface area (Å²) in [6, 6.07) is 61.2. The zero-order valence-electron chi connectivity index (χ0n) is 28.4. The summed E-state index contributed by atoms with van der Waals surface area (Å²) in [6.45, 7) is 0. The van der Waals surface area contributed by atoms with E-state index in [1.165, 1.54) is 69.6 Å². The van der Waals surface area contributed by atoms with Crippen LogP contribution >= 0.6 is 11.3 Å². The van der Waals surface area contributed by atoms with E-state index in [9.17, 15) is 0 Å². The summed E-state index contributed by atoms with van der Waals surface area (Å²) < 4.78 is 7.24. The lowest BCUT2D eigenvalue weighted by molar-refractivity contribution is 1.01. The molecule has 2 aliphatic rings. The maximum atomic E-state index is 5.26. The normalized spacial score (nSPS) is 12.2. The standard InChI is InChI=1S/C48H28N4S/c1-2-11-30(12-3-1)46-36-16-4-6-19-38(36)49-48(50-46)52-39-20-7-5-15-33(39)37-27-31(23-25-40(37)52)32-24-26-41-44(28-32)53-43-22-10-18-35-34-17-8-13-29-14-9-21-42(45(29)34)51(41)47(35)43/h1-28H. The van der Waals surface area contributed by atoms with Crippen LogP contribution in [0.1, 0.15) is 0 Å². The van der Waals surface area contributed by atoms with Crippen molar-refractivity contribution in [3.8, 4) is 34.0 Å². The van der Waals surface area contributed by atoms with Gasteiger partial charge in [-0.2, -0.15) is 0 Å². The van der Waals surface area contributed by atoms with Crippen LogP contribution in [0.25, 0.3) is 109 Å². The van der Waals surface area contributed by atoms with E-state index in [1.807, 2.05) is 23.5 Å². The van der Waals surface area contributed by atoms with E-state index in [0.717, 1.165) is 33.2 Å². The summed E-state index contributed by atoms with van der Waals surface area (Å²) in [5.41, 5.74) is 11.2. The van der Waals surface area contributed by atoms with E-state index >= 15 is 0 Å². The summed E-state index contributed by atoms with van der Waals surface area (Å²) in [5, 5.41) is 8.58.